The Hall–Kier alpha value is -4.73. The minimum Gasteiger partial charge on any atom is -0.491 e. The number of amides is 1. The number of anilines is 1. The molecule has 1 N–H and O–H groups in total. The van der Waals surface area contributed by atoms with Crippen LogP contribution in [0.15, 0.2) is 114 Å². The monoisotopic (exact) mass is 664 g/mol. The van der Waals surface area contributed by atoms with Crippen molar-refractivity contribution in [1.82, 2.24) is 14.1 Å². The number of rotatable bonds is 17. The zero-order valence-electron chi connectivity index (χ0n) is 27.9. The van der Waals surface area contributed by atoms with E-state index in [4.69, 9.17) is 9.47 Å². The first-order valence-electron chi connectivity index (χ1n) is 16.5. The summed E-state index contributed by atoms with van der Waals surface area (Å²) in [6, 6.07) is 25.4. The van der Waals surface area contributed by atoms with Gasteiger partial charge in [-0.1, -0.05) is 38.5 Å². The molecule has 0 unspecified atom stereocenters. The average Bonchev–Trinajstić information content (AvgIpc) is 3.80. The number of nitrogens with zero attached hydrogens (tertiary/aromatic N) is 3. The maximum Gasteiger partial charge on any atom is 0.251 e. The highest BCUT2D eigenvalue weighted by atomic mass is 32.2. The first-order valence-corrected chi connectivity index (χ1v) is 17.8. The normalized spacial score (nSPS) is 12.2. The van der Waals surface area contributed by atoms with E-state index in [2.05, 4.69) is 42.3 Å². The fraction of sp³-hybridized carbons (Fsp3) is 0.282. The second-order valence-corrected chi connectivity index (χ2v) is 13.0. The third kappa shape index (κ3) is 9.42. The van der Waals surface area contributed by atoms with Crippen LogP contribution in [-0.2, 0) is 32.6 Å². The van der Waals surface area contributed by atoms with Gasteiger partial charge in [0.2, 0.25) is 0 Å². The quantitative estimate of drug-likeness (QED) is 0.0799. The molecule has 0 aliphatic heterocycles. The number of carbonyl (C=O) groups is 1. The molecule has 0 radical (unpaired) electrons. The van der Waals surface area contributed by atoms with Crippen molar-refractivity contribution in [2.45, 2.75) is 57.2 Å². The summed E-state index contributed by atoms with van der Waals surface area (Å²) in [6.07, 6.45) is 12.6. The second-order valence-electron chi connectivity index (χ2n) is 11.6. The predicted octanol–water partition coefficient (Wildman–Crippen LogP) is 8.30. The van der Waals surface area contributed by atoms with E-state index in [9.17, 15) is 9.00 Å². The molecule has 1 atom stereocenters. The number of hydrogen-bond acceptors (Lipinski definition) is 5. The SMILES string of the molecule is CCCCOCCOc1ccc(-c2ccc(-n3cccc3)c(/C=C(\C)C(=O)Nc3ccc([S@@](=O)Cc4cncn4CCC)cc3)c2)cc1. The third-order valence-electron chi connectivity index (χ3n) is 7.88. The van der Waals surface area contributed by atoms with Crippen molar-refractivity contribution in [2.75, 3.05) is 25.1 Å². The summed E-state index contributed by atoms with van der Waals surface area (Å²) < 4.78 is 28.5. The van der Waals surface area contributed by atoms with Crippen LogP contribution in [-0.4, -0.2) is 44.1 Å². The van der Waals surface area contributed by atoms with E-state index in [1.165, 1.54) is 0 Å². The largest absolute Gasteiger partial charge is 0.491 e. The molecule has 0 fully saturated rings. The molecule has 2 heterocycles. The van der Waals surface area contributed by atoms with E-state index >= 15 is 0 Å². The van der Waals surface area contributed by atoms with Crippen molar-refractivity contribution >= 4 is 28.5 Å². The van der Waals surface area contributed by atoms with Crippen LogP contribution in [0.1, 0.15) is 51.3 Å². The van der Waals surface area contributed by atoms with E-state index < -0.39 is 10.8 Å². The van der Waals surface area contributed by atoms with E-state index in [1.807, 2.05) is 70.9 Å². The van der Waals surface area contributed by atoms with Gasteiger partial charge in [0.15, 0.2) is 0 Å². The Bertz CT molecular complexity index is 1810. The molecule has 0 aliphatic carbocycles. The fourth-order valence-electron chi connectivity index (χ4n) is 5.24. The van der Waals surface area contributed by atoms with Gasteiger partial charge in [0.1, 0.15) is 12.4 Å². The predicted molar refractivity (Wildman–Crippen MR) is 194 cm³/mol. The van der Waals surface area contributed by atoms with Gasteiger partial charge in [0.05, 0.1) is 40.9 Å². The molecule has 48 heavy (non-hydrogen) atoms. The van der Waals surface area contributed by atoms with E-state index in [0.29, 0.717) is 35.1 Å². The molecule has 250 valence electrons. The molecular weight excluding hydrogens is 621 g/mol. The number of carbonyl (C=O) groups excluding carboxylic acids is 1. The Kier molecular flexibility index (Phi) is 12.6. The molecule has 9 heteroatoms. The molecule has 5 rings (SSSR count). The van der Waals surface area contributed by atoms with Gasteiger partial charge in [0, 0.05) is 47.9 Å². The van der Waals surface area contributed by atoms with Crippen LogP contribution in [0.3, 0.4) is 0 Å². The molecular formula is C39H44N4O4S. The lowest BCUT2D eigenvalue weighted by atomic mass is 10.00. The highest BCUT2D eigenvalue weighted by molar-refractivity contribution is 7.84. The van der Waals surface area contributed by atoms with Crippen LogP contribution in [0.4, 0.5) is 5.69 Å². The van der Waals surface area contributed by atoms with E-state index in [1.54, 1.807) is 36.8 Å². The minimum absolute atomic E-state index is 0.212. The molecule has 0 saturated carbocycles. The number of aryl methyl sites for hydroxylation is 1. The molecule has 5 aromatic rings. The van der Waals surface area contributed by atoms with Gasteiger partial charge in [-0.05, 0) is 103 Å². The van der Waals surface area contributed by atoms with Gasteiger partial charge in [-0.3, -0.25) is 9.00 Å². The van der Waals surface area contributed by atoms with Gasteiger partial charge in [-0.2, -0.15) is 0 Å². The first kappa shape index (κ1) is 34.6. The summed E-state index contributed by atoms with van der Waals surface area (Å²) in [6.45, 7) is 8.76. The van der Waals surface area contributed by atoms with Crippen molar-refractivity contribution in [3.63, 3.8) is 0 Å². The number of aromatic nitrogens is 3. The van der Waals surface area contributed by atoms with Crippen LogP contribution < -0.4 is 10.1 Å². The standard InChI is InChI=1S/C39H44N4O4S/c1-4-6-22-46-23-24-47-36-14-9-31(10-15-36)32-11-18-38(42-20-7-8-21-42)33(26-32)25-30(3)39(44)41-34-12-16-37(17-13-34)48(45)28-35-27-40-29-43(35)19-5-2/h7-18,20-21,25-27,29H,4-6,19,22-24,28H2,1-3H3,(H,41,44)/b30-25+/t48-/m0/s1. The maximum absolute atomic E-state index is 13.3. The Morgan fingerprint density at radius 3 is 2.40 bits per heavy atom. The molecule has 0 saturated heterocycles. The molecule has 1 amide bonds. The van der Waals surface area contributed by atoms with Gasteiger partial charge >= 0.3 is 0 Å². The Morgan fingerprint density at radius 2 is 1.67 bits per heavy atom. The Morgan fingerprint density at radius 1 is 0.917 bits per heavy atom. The summed E-state index contributed by atoms with van der Waals surface area (Å²) in [7, 11) is -1.22. The number of nitrogens with one attached hydrogen (secondary N) is 1. The number of unbranched alkanes of at least 4 members (excludes halogenated alkanes) is 1. The zero-order valence-corrected chi connectivity index (χ0v) is 28.7. The van der Waals surface area contributed by atoms with Crippen molar-refractivity contribution in [2.24, 2.45) is 0 Å². The summed E-state index contributed by atoms with van der Waals surface area (Å²) in [4.78, 5) is 18.2. The minimum atomic E-state index is -1.22. The van der Waals surface area contributed by atoms with Crippen LogP contribution in [0.2, 0.25) is 0 Å². The number of hydrogen-bond donors (Lipinski definition) is 1. The zero-order chi connectivity index (χ0) is 33.7. The first-order chi connectivity index (χ1) is 23.4. The van der Waals surface area contributed by atoms with Crippen molar-refractivity contribution in [3.8, 4) is 22.6 Å². The van der Waals surface area contributed by atoms with E-state index in [-0.39, 0.29) is 5.91 Å². The Balaban J connectivity index is 1.26. The topological polar surface area (TPSA) is 87.4 Å². The molecule has 2 aromatic heterocycles. The number of imidazole rings is 1. The number of ether oxygens (including phenoxy) is 2. The highest BCUT2D eigenvalue weighted by Crippen LogP contribution is 2.28. The van der Waals surface area contributed by atoms with Crippen molar-refractivity contribution in [1.29, 1.82) is 0 Å². The van der Waals surface area contributed by atoms with Crippen molar-refractivity contribution in [3.05, 3.63) is 121 Å². The lowest BCUT2D eigenvalue weighted by Crippen LogP contribution is -2.12. The molecule has 0 bridgehead atoms. The molecule has 3 aromatic carbocycles. The lowest BCUT2D eigenvalue weighted by Gasteiger charge is -2.13. The van der Waals surface area contributed by atoms with Crippen LogP contribution >= 0.6 is 0 Å². The van der Waals surface area contributed by atoms with Gasteiger partial charge in [-0.25, -0.2) is 4.98 Å². The molecule has 8 nitrogen and oxygen atoms in total. The number of benzene rings is 3. The fourth-order valence-corrected chi connectivity index (χ4v) is 6.35. The summed E-state index contributed by atoms with van der Waals surface area (Å²) in [5, 5.41) is 2.99. The summed E-state index contributed by atoms with van der Waals surface area (Å²) in [5.41, 5.74) is 6.09. The van der Waals surface area contributed by atoms with Crippen molar-refractivity contribution < 1.29 is 18.5 Å². The Labute approximate surface area is 285 Å². The maximum atomic E-state index is 13.3. The smallest absolute Gasteiger partial charge is 0.251 e. The second kappa shape index (κ2) is 17.4. The van der Waals surface area contributed by atoms with Gasteiger partial charge in [0.25, 0.3) is 5.91 Å². The van der Waals surface area contributed by atoms with Gasteiger partial charge in [-0.15, -0.1) is 0 Å². The molecule has 0 aliphatic rings. The van der Waals surface area contributed by atoms with E-state index in [0.717, 1.165) is 66.2 Å². The lowest BCUT2D eigenvalue weighted by molar-refractivity contribution is -0.112. The summed E-state index contributed by atoms with van der Waals surface area (Å²) >= 11 is 0. The van der Waals surface area contributed by atoms with Crippen LogP contribution in [0, 0.1) is 0 Å². The highest BCUT2D eigenvalue weighted by Gasteiger charge is 2.12. The average molecular weight is 665 g/mol. The third-order valence-corrected chi connectivity index (χ3v) is 9.24. The van der Waals surface area contributed by atoms with Crippen LogP contribution in [0.5, 0.6) is 5.75 Å². The van der Waals surface area contributed by atoms with Gasteiger partial charge < -0.3 is 23.9 Å². The summed E-state index contributed by atoms with van der Waals surface area (Å²) in [5.74, 6) is 0.979. The van der Waals surface area contributed by atoms with Crippen LogP contribution in [0.25, 0.3) is 22.9 Å². The molecule has 0 spiro atoms.